The number of nitrogens with one attached hydrogen (secondary N) is 1. The lowest BCUT2D eigenvalue weighted by Crippen LogP contribution is -1.89. The van der Waals surface area contributed by atoms with E-state index in [-0.39, 0.29) is 0 Å². The molecule has 2 aromatic carbocycles. The fraction of sp³-hybridized carbons (Fsp3) is 0. The van der Waals surface area contributed by atoms with E-state index in [0.717, 1.165) is 11.3 Å². The van der Waals surface area contributed by atoms with Gasteiger partial charge in [0.1, 0.15) is 0 Å². The van der Waals surface area contributed by atoms with Crippen molar-refractivity contribution in [2.75, 3.05) is 5.43 Å². The highest BCUT2D eigenvalue weighted by molar-refractivity contribution is 14.1. The lowest BCUT2D eigenvalue weighted by molar-refractivity contribution is 1.35. The van der Waals surface area contributed by atoms with Crippen LogP contribution in [0.25, 0.3) is 0 Å². The number of anilines is 1. The Morgan fingerprint density at radius 2 is 1.62 bits per heavy atom. The molecule has 16 heavy (non-hydrogen) atoms. The second kappa shape index (κ2) is 5.65. The standard InChI is InChI=1S/C13H11IN2/c14-12-8-6-11(7-9-12)10-15-16-13-4-2-1-3-5-13/h1-10,16H/b15-10-. The molecule has 0 aromatic heterocycles. The van der Waals surface area contributed by atoms with E-state index in [1.54, 1.807) is 0 Å². The summed E-state index contributed by atoms with van der Waals surface area (Å²) in [6.45, 7) is 0. The van der Waals surface area contributed by atoms with E-state index in [9.17, 15) is 0 Å². The number of para-hydroxylation sites is 1. The van der Waals surface area contributed by atoms with Gasteiger partial charge in [-0.2, -0.15) is 5.10 Å². The Kier molecular flexibility index (Phi) is 3.93. The summed E-state index contributed by atoms with van der Waals surface area (Å²) < 4.78 is 1.23. The molecule has 2 nitrogen and oxygen atoms in total. The number of hydrogen-bond acceptors (Lipinski definition) is 2. The maximum absolute atomic E-state index is 4.16. The topological polar surface area (TPSA) is 24.4 Å². The number of hydrogen-bond donors (Lipinski definition) is 1. The van der Waals surface area contributed by atoms with Crippen molar-refractivity contribution in [3.8, 4) is 0 Å². The summed E-state index contributed by atoms with van der Waals surface area (Å²) >= 11 is 2.28. The third-order valence-corrected chi connectivity index (χ3v) is 2.77. The van der Waals surface area contributed by atoms with Gasteiger partial charge in [-0.3, -0.25) is 5.43 Å². The van der Waals surface area contributed by atoms with Gasteiger partial charge in [0.15, 0.2) is 0 Å². The van der Waals surface area contributed by atoms with Crippen LogP contribution in [0.5, 0.6) is 0 Å². The summed E-state index contributed by atoms with van der Waals surface area (Å²) in [5.74, 6) is 0. The van der Waals surface area contributed by atoms with Crippen molar-refractivity contribution in [3.63, 3.8) is 0 Å². The van der Waals surface area contributed by atoms with Gasteiger partial charge in [-0.25, -0.2) is 0 Å². The highest BCUT2D eigenvalue weighted by Gasteiger charge is 1.88. The summed E-state index contributed by atoms with van der Waals surface area (Å²) in [5, 5.41) is 4.16. The van der Waals surface area contributed by atoms with Crippen LogP contribution in [0.3, 0.4) is 0 Å². The largest absolute Gasteiger partial charge is 0.279 e. The molecular weight excluding hydrogens is 311 g/mol. The molecule has 80 valence electrons. The number of benzene rings is 2. The highest BCUT2D eigenvalue weighted by atomic mass is 127. The van der Waals surface area contributed by atoms with Gasteiger partial charge in [0.2, 0.25) is 0 Å². The lowest BCUT2D eigenvalue weighted by atomic mass is 10.2. The molecule has 2 aromatic rings. The second-order valence-corrected chi connectivity index (χ2v) is 4.53. The van der Waals surface area contributed by atoms with Crippen LogP contribution in [-0.2, 0) is 0 Å². The van der Waals surface area contributed by atoms with Crippen molar-refractivity contribution in [1.29, 1.82) is 0 Å². The third kappa shape index (κ3) is 3.34. The van der Waals surface area contributed by atoms with Gasteiger partial charge in [0.25, 0.3) is 0 Å². The summed E-state index contributed by atoms with van der Waals surface area (Å²) in [4.78, 5) is 0. The summed E-state index contributed by atoms with van der Waals surface area (Å²) in [5.41, 5.74) is 5.05. The Hall–Kier alpha value is -1.36. The molecule has 0 aliphatic heterocycles. The summed E-state index contributed by atoms with van der Waals surface area (Å²) in [6.07, 6.45) is 1.81. The van der Waals surface area contributed by atoms with Gasteiger partial charge in [0.05, 0.1) is 11.9 Å². The fourth-order valence-electron chi connectivity index (χ4n) is 1.24. The molecule has 1 N–H and O–H groups in total. The molecule has 3 heteroatoms. The summed E-state index contributed by atoms with van der Waals surface area (Å²) in [6, 6.07) is 18.1. The normalized spacial score (nSPS) is 10.6. The lowest BCUT2D eigenvalue weighted by Gasteiger charge is -1.98. The van der Waals surface area contributed by atoms with Gasteiger partial charge in [-0.05, 0) is 52.4 Å². The monoisotopic (exact) mass is 322 g/mol. The van der Waals surface area contributed by atoms with Crippen molar-refractivity contribution in [3.05, 3.63) is 63.7 Å². The van der Waals surface area contributed by atoms with Crippen LogP contribution in [0.1, 0.15) is 5.56 Å². The first-order chi connectivity index (χ1) is 7.84. The quantitative estimate of drug-likeness (QED) is 0.520. The van der Waals surface area contributed by atoms with Crippen LogP contribution in [0.15, 0.2) is 59.7 Å². The molecule has 0 saturated carbocycles. The number of hydrazone groups is 1. The maximum Gasteiger partial charge on any atom is 0.0561 e. The number of nitrogens with zero attached hydrogens (tertiary/aromatic N) is 1. The second-order valence-electron chi connectivity index (χ2n) is 3.29. The fourth-order valence-corrected chi connectivity index (χ4v) is 1.60. The molecule has 0 spiro atoms. The predicted molar refractivity (Wildman–Crippen MR) is 76.8 cm³/mol. The molecule has 0 aliphatic carbocycles. The Balaban J connectivity index is 1.98. The Morgan fingerprint density at radius 3 is 2.31 bits per heavy atom. The average molecular weight is 322 g/mol. The maximum atomic E-state index is 4.16. The molecule has 0 aliphatic rings. The minimum absolute atomic E-state index is 0.990. The molecule has 0 radical (unpaired) electrons. The minimum atomic E-state index is 0.990. The van der Waals surface area contributed by atoms with E-state index in [0.29, 0.717) is 0 Å². The first kappa shape index (κ1) is 11.1. The van der Waals surface area contributed by atoms with Crippen LogP contribution in [-0.4, -0.2) is 6.21 Å². The Bertz CT molecular complexity index is 463. The molecule has 0 atom stereocenters. The van der Waals surface area contributed by atoms with Gasteiger partial charge in [-0.1, -0.05) is 30.3 Å². The highest BCUT2D eigenvalue weighted by Crippen LogP contribution is 2.06. The van der Waals surface area contributed by atoms with Crippen LogP contribution in [0.4, 0.5) is 5.69 Å². The van der Waals surface area contributed by atoms with Gasteiger partial charge >= 0.3 is 0 Å². The van der Waals surface area contributed by atoms with Gasteiger partial charge in [0, 0.05) is 3.57 Å². The number of halogens is 1. The molecule has 0 heterocycles. The van der Waals surface area contributed by atoms with Crippen LogP contribution in [0, 0.1) is 3.57 Å². The molecule has 0 fully saturated rings. The zero-order chi connectivity index (χ0) is 11.2. The van der Waals surface area contributed by atoms with Crippen LogP contribution >= 0.6 is 22.6 Å². The number of rotatable bonds is 3. The SMILES string of the molecule is Ic1ccc(/C=N\Nc2ccccc2)cc1. The van der Waals surface area contributed by atoms with Crippen LogP contribution in [0.2, 0.25) is 0 Å². The van der Waals surface area contributed by atoms with E-state index < -0.39 is 0 Å². The van der Waals surface area contributed by atoms with Crippen molar-refractivity contribution in [2.45, 2.75) is 0 Å². The van der Waals surface area contributed by atoms with Gasteiger partial charge < -0.3 is 0 Å². The zero-order valence-corrected chi connectivity index (χ0v) is 10.8. The smallest absolute Gasteiger partial charge is 0.0561 e. The average Bonchev–Trinajstić information content (AvgIpc) is 2.33. The summed E-state index contributed by atoms with van der Waals surface area (Å²) in [7, 11) is 0. The molecule has 0 bridgehead atoms. The van der Waals surface area contributed by atoms with Crippen LogP contribution < -0.4 is 5.43 Å². The molecule has 2 rings (SSSR count). The Morgan fingerprint density at radius 1 is 0.938 bits per heavy atom. The van der Waals surface area contributed by atoms with Crippen molar-refractivity contribution in [2.24, 2.45) is 5.10 Å². The van der Waals surface area contributed by atoms with E-state index in [2.05, 4.69) is 45.3 Å². The molecule has 0 amide bonds. The Labute approximate surface area is 109 Å². The first-order valence-electron chi connectivity index (χ1n) is 4.94. The van der Waals surface area contributed by atoms with Crippen molar-refractivity contribution < 1.29 is 0 Å². The van der Waals surface area contributed by atoms with E-state index in [1.807, 2.05) is 48.7 Å². The third-order valence-electron chi connectivity index (χ3n) is 2.05. The first-order valence-corrected chi connectivity index (χ1v) is 6.02. The predicted octanol–water partition coefficient (Wildman–Crippen LogP) is 3.74. The van der Waals surface area contributed by atoms with E-state index in [4.69, 9.17) is 0 Å². The zero-order valence-electron chi connectivity index (χ0n) is 8.60. The molecule has 0 saturated heterocycles. The van der Waals surface area contributed by atoms with Crippen molar-refractivity contribution in [1.82, 2.24) is 0 Å². The molecule has 0 unspecified atom stereocenters. The minimum Gasteiger partial charge on any atom is -0.279 e. The van der Waals surface area contributed by atoms with Crippen molar-refractivity contribution >= 4 is 34.5 Å². The van der Waals surface area contributed by atoms with Gasteiger partial charge in [-0.15, -0.1) is 0 Å². The van der Waals surface area contributed by atoms with E-state index in [1.165, 1.54) is 3.57 Å². The van der Waals surface area contributed by atoms with E-state index >= 15 is 0 Å². The molecular formula is C13H11IN2.